The van der Waals surface area contributed by atoms with E-state index < -0.39 is 0 Å². The van der Waals surface area contributed by atoms with Crippen LogP contribution in [0.1, 0.15) is 5.56 Å². The van der Waals surface area contributed by atoms with Crippen LogP contribution >= 0.6 is 11.8 Å². The van der Waals surface area contributed by atoms with E-state index in [9.17, 15) is 0 Å². The van der Waals surface area contributed by atoms with Crippen LogP contribution in [0, 0.1) is 6.92 Å². The maximum Gasteiger partial charge on any atom is 0.220 e. The molecule has 0 unspecified atom stereocenters. The third-order valence-corrected chi connectivity index (χ3v) is 5.79. The second-order valence-corrected chi connectivity index (χ2v) is 7.37. The maximum absolute atomic E-state index is 6.32. The molecular formula is C22H17NO2S. The summed E-state index contributed by atoms with van der Waals surface area (Å²) in [5, 5.41) is 1.15. The highest BCUT2D eigenvalue weighted by atomic mass is 32.2. The van der Waals surface area contributed by atoms with Crippen molar-refractivity contribution in [1.29, 1.82) is 0 Å². The zero-order valence-electron chi connectivity index (χ0n) is 14.5. The molecule has 0 aliphatic carbocycles. The Labute approximate surface area is 156 Å². The summed E-state index contributed by atoms with van der Waals surface area (Å²) in [6.45, 7) is 2.11. The van der Waals surface area contributed by atoms with Crippen LogP contribution in [0.3, 0.4) is 0 Å². The smallest absolute Gasteiger partial charge is 0.220 e. The van der Waals surface area contributed by atoms with Gasteiger partial charge in [-0.05, 0) is 43.3 Å². The van der Waals surface area contributed by atoms with Gasteiger partial charge in [-0.25, -0.2) is 0 Å². The van der Waals surface area contributed by atoms with E-state index in [1.165, 1.54) is 10.5 Å². The fourth-order valence-corrected chi connectivity index (χ4v) is 4.54. The molecule has 3 nitrogen and oxygen atoms in total. The van der Waals surface area contributed by atoms with Crippen molar-refractivity contribution in [1.82, 2.24) is 0 Å². The Morgan fingerprint density at radius 2 is 1.69 bits per heavy atom. The van der Waals surface area contributed by atoms with Crippen molar-refractivity contribution in [3.05, 3.63) is 72.3 Å². The number of nitrogens with zero attached hydrogens (tertiary/aromatic N) is 1. The third-order valence-electron chi connectivity index (χ3n) is 4.63. The minimum Gasteiger partial charge on any atom is -0.495 e. The number of ether oxygens (including phenoxy) is 1. The summed E-state index contributed by atoms with van der Waals surface area (Å²) in [5.74, 6) is 1.66. The predicted octanol–water partition coefficient (Wildman–Crippen LogP) is 6.68. The normalized spacial score (nSPS) is 12.8. The van der Waals surface area contributed by atoms with Crippen LogP contribution in [0.25, 0.3) is 11.0 Å². The van der Waals surface area contributed by atoms with Crippen LogP contribution in [0.5, 0.6) is 5.75 Å². The maximum atomic E-state index is 6.32. The number of fused-ring (bicyclic) bond motifs is 4. The molecule has 0 spiro atoms. The first kappa shape index (κ1) is 15.4. The molecule has 0 saturated carbocycles. The van der Waals surface area contributed by atoms with E-state index in [4.69, 9.17) is 9.15 Å². The first-order valence-electron chi connectivity index (χ1n) is 8.49. The van der Waals surface area contributed by atoms with Gasteiger partial charge < -0.3 is 9.15 Å². The van der Waals surface area contributed by atoms with E-state index in [0.717, 1.165) is 38.9 Å². The SMILES string of the molecule is COc1ccccc1N1c2ccccc2Sc2c1oc1ccc(C)cc21. The van der Waals surface area contributed by atoms with Gasteiger partial charge in [-0.1, -0.05) is 47.7 Å². The molecule has 0 saturated heterocycles. The number of hydrogen-bond acceptors (Lipinski definition) is 4. The van der Waals surface area contributed by atoms with Crippen molar-refractivity contribution < 1.29 is 9.15 Å². The van der Waals surface area contributed by atoms with Gasteiger partial charge in [0, 0.05) is 10.3 Å². The number of hydrogen-bond donors (Lipinski definition) is 0. The molecule has 5 rings (SSSR count). The van der Waals surface area contributed by atoms with Crippen molar-refractivity contribution in [3.8, 4) is 5.75 Å². The van der Waals surface area contributed by atoms with Gasteiger partial charge in [0.2, 0.25) is 5.88 Å². The van der Waals surface area contributed by atoms with Crippen LogP contribution in [-0.4, -0.2) is 7.11 Å². The van der Waals surface area contributed by atoms with Gasteiger partial charge in [0.25, 0.3) is 0 Å². The lowest BCUT2D eigenvalue weighted by Crippen LogP contribution is -2.14. The number of aryl methyl sites for hydroxylation is 1. The molecule has 4 aromatic rings. The lowest BCUT2D eigenvalue weighted by atomic mass is 10.2. The van der Waals surface area contributed by atoms with Crippen molar-refractivity contribution in [3.63, 3.8) is 0 Å². The zero-order chi connectivity index (χ0) is 17.7. The van der Waals surface area contributed by atoms with Crippen molar-refractivity contribution in [2.24, 2.45) is 0 Å². The van der Waals surface area contributed by atoms with E-state index >= 15 is 0 Å². The minimum absolute atomic E-state index is 0.816. The zero-order valence-corrected chi connectivity index (χ0v) is 15.3. The summed E-state index contributed by atoms with van der Waals surface area (Å²) in [4.78, 5) is 4.51. The number of rotatable bonds is 2. The Morgan fingerprint density at radius 3 is 2.54 bits per heavy atom. The Bertz CT molecular complexity index is 1130. The first-order chi connectivity index (χ1) is 12.8. The number of para-hydroxylation sites is 3. The predicted molar refractivity (Wildman–Crippen MR) is 106 cm³/mol. The van der Waals surface area contributed by atoms with Crippen LogP contribution in [0.4, 0.5) is 17.3 Å². The standard InChI is InChI=1S/C22H17NO2S/c1-14-11-12-18-15(13-14)21-22(25-18)23(16-7-3-5-9-19(16)24-2)17-8-4-6-10-20(17)26-21/h3-13H,1-2H3. The van der Waals surface area contributed by atoms with Crippen LogP contribution in [0.15, 0.2) is 80.9 Å². The fourth-order valence-electron chi connectivity index (χ4n) is 3.42. The number of methoxy groups -OCH3 is 1. The highest BCUT2D eigenvalue weighted by Crippen LogP contribution is 2.56. The third kappa shape index (κ3) is 2.22. The van der Waals surface area contributed by atoms with Crippen molar-refractivity contribution >= 4 is 40.0 Å². The average Bonchev–Trinajstić information content (AvgIpc) is 3.03. The minimum atomic E-state index is 0.816. The highest BCUT2D eigenvalue weighted by Gasteiger charge is 2.31. The Hall–Kier alpha value is -2.85. The molecule has 4 heteroatoms. The highest BCUT2D eigenvalue weighted by molar-refractivity contribution is 8.00. The van der Waals surface area contributed by atoms with Gasteiger partial charge in [0.15, 0.2) is 0 Å². The summed E-state index contributed by atoms with van der Waals surface area (Å²) in [5.41, 5.74) is 4.20. The number of anilines is 3. The molecule has 0 atom stereocenters. The quantitative estimate of drug-likeness (QED) is 0.351. The van der Waals surface area contributed by atoms with E-state index in [1.807, 2.05) is 18.2 Å². The summed E-state index contributed by atoms with van der Waals surface area (Å²) >= 11 is 1.76. The van der Waals surface area contributed by atoms with Crippen molar-refractivity contribution in [2.45, 2.75) is 16.7 Å². The van der Waals surface area contributed by atoms with Gasteiger partial charge in [-0.15, -0.1) is 0 Å². The van der Waals surface area contributed by atoms with E-state index in [-0.39, 0.29) is 0 Å². The molecule has 0 bridgehead atoms. The molecule has 1 aliphatic heterocycles. The molecule has 1 aromatic heterocycles. The lowest BCUT2D eigenvalue weighted by Gasteiger charge is -2.30. The summed E-state index contributed by atoms with van der Waals surface area (Å²) in [7, 11) is 1.70. The lowest BCUT2D eigenvalue weighted by molar-refractivity contribution is 0.415. The molecule has 0 radical (unpaired) electrons. The molecule has 128 valence electrons. The average molecular weight is 359 g/mol. The fraction of sp³-hybridized carbons (Fsp3) is 0.0909. The van der Waals surface area contributed by atoms with Crippen molar-refractivity contribution in [2.75, 3.05) is 12.0 Å². The molecule has 2 heterocycles. The summed E-state index contributed by atoms with van der Waals surface area (Å²) < 4.78 is 12.0. The van der Waals surface area contributed by atoms with E-state index in [0.29, 0.717) is 0 Å². The number of furan rings is 1. The first-order valence-corrected chi connectivity index (χ1v) is 9.31. The van der Waals surface area contributed by atoms with E-state index in [1.54, 1.807) is 18.9 Å². The summed E-state index contributed by atoms with van der Waals surface area (Å²) in [6.07, 6.45) is 0. The molecule has 1 aliphatic rings. The topological polar surface area (TPSA) is 25.6 Å². The van der Waals surface area contributed by atoms with Crippen LogP contribution < -0.4 is 9.64 Å². The molecule has 0 fully saturated rings. The molecule has 3 aromatic carbocycles. The summed E-state index contributed by atoms with van der Waals surface area (Å²) in [6, 6.07) is 22.8. The van der Waals surface area contributed by atoms with Gasteiger partial charge in [-0.3, -0.25) is 4.90 Å². The second-order valence-electron chi connectivity index (χ2n) is 6.31. The van der Waals surface area contributed by atoms with E-state index in [2.05, 4.69) is 60.4 Å². The largest absolute Gasteiger partial charge is 0.495 e. The van der Waals surface area contributed by atoms with Gasteiger partial charge in [-0.2, -0.15) is 0 Å². The Kier molecular flexibility index (Phi) is 3.47. The Balaban J connectivity index is 1.83. The monoisotopic (exact) mass is 359 g/mol. The van der Waals surface area contributed by atoms with Crippen LogP contribution in [-0.2, 0) is 0 Å². The Morgan fingerprint density at radius 1 is 0.923 bits per heavy atom. The molecular weight excluding hydrogens is 342 g/mol. The van der Waals surface area contributed by atoms with Crippen LogP contribution in [0.2, 0.25) is 0 Å². The molecule has 0 amide bonds. The molecule has 0 N–H and O–H groups in total. The second kappa shape index (κ2) is 5.85. The van der Waals surface area contributed by atoms with Gasteiger partial charge >= 0.3 is 0 Å². The molecule has 26 heavy (non-hydrogen) atoms. The van der Waals surface area contributed by atoms with Gasteiger partial charge in [0.05, 0.1) is 23.4 Å². The number of benzene rings is 3. The van der Waals surface area contributed by atoms with Gasteiger partial charge in [0.1, 0.15) is 11.3 Å².